The Morgan fingerprint density at radius 1 is 1.42 bits per heavy atom. The first kappa shape index (κ1) is 18.1. The molecule has 0 aliphatic carbocycles. The van der Waals surface area contributed by atoms with Gasteiger partial charge in [-0.3, -0.25) is 4.90 Å². The molecule has 2 unspecified atom stereocenters. The lowest BCUT2D eigenvalue weighted by atomic mass is 9.87. The van der Waals surface area contributed by atoms with Crippen LogP contribution in [0.25, 0.3) is 0 Å². The summed E-state index contributed by atoms with van der Waals surface area (Å²) in [5.74, 6) is 0. The number of nitrogens with zero attached hydrogens (tertiary/aromatic N) is 1. The summed E-state index contributed by atoms with van der Waals surface area (Å²) >= 11 is 0. The van der Waals surface area contributed by atoms with Gasteiger partial charge in [0.05, 0.1) is 5.60 Å². The first-order valence-corrected chi connectivity index (χ1v) is 7.30. The molecule has 110 valence electrons. The Kier molecular flexibility index (Phi) is 8.70. The van der Waals surface area contributed by atoms with Gasteiger partial charge in [-0.1, -0.05) is 50.8 Å². The van der Waals surface area contributed by atoms with E-state index in [9.17, 15) is 5.11 Å². The Morgan fingerprint density at radius 2 is 2.05 bits per heavy atom. The molecule has 0 saturated carbocycles. The summed E-state index contributed by atoms with van der Waals surface area (Å²) in [4.78, 5) is 2.35. The minimum Gasteiger partial charge on any atom is -0.389 e. The molecular formula is C17H31NO. The van der Waals surface area contributed by atoms with Gasteiger partial charge in [-0.25, -0.2) is 0 Å². The molecule has 2 atom stereocenters. The molecule has 1 N–H and O–H groups in total. The van der Waals surface area contributed by atoms with Crippen LogP contribution in [0.3, 0.4) is 0 Å². The number of allylic oxidation sites excluding steroid dienone is 2. The van der Waals surface area contributed by atoms with E-state index in [0.29, 0.717) is 0 Å². The normalized spacial score (nSPS) is 16.5. The van der Waals surface area contributed by atoms with E-state index in [2.05, 4.69) is 37.1 Å². The lowest BCUT2D eigenvalue weighted by Crippen LogP contribution is -2.51. The molecule has 0 bridgehead atoms. The summed E-state index contributed by atoms with van der Waals surface area (Å²) < 4.78 is 0. The number of rotatable bonds is 10. The molecule has 2 nitrogen and oxygen atoms in total. The van der Waals surface area contributed by atoms with Crippen molar-refractivity contribution in [2.45, 2.75) is 58.6 Å². The van der Waals surface area contributed by atoms with Crippen molar-refractivity contribution in [2.75, 3.05) is 13.1 Å². The van der Waals surface area contributed by atoms with Crippen LogP contribution in [0.4, 0.5) is 0 Å². The van der Waals surface area contributed by atoms with Crippen LogP contribution in [0.1, 0.15) is 47.0 Å². The third-order valence-electron chi connectivity index (χ3n) is 3.71. The number of hydrogen-bond acceptors (Lipinski definition) is 2. The first-order valence-electron chi connectivity index (χ1n) is 7.30. The quantitative estimate of drug-likeness (QED) is 0.478. The molecule has 0 aromatic heterocycles. The van der Waals surface area contributed by atoms with Crippen molar-refractivity contribution in [3.8, 4) is 0 Å². The Hall–Kier alpha value is -0.860. The van der Waals surface area contributed by atoms with Gasteiger partial charge in [0.2, 0.25) is 0 Å². The van der Waals surface area contributed by atoms with Crippen molar-refractivity contribution in [1.82, 2.24) is 4.90 Å². The second-order valence-corrected chi connectivity index (χ2v) is 5.36. The Labute approximate surface area is 119 Å². The van der Waals surface area contributed by atoms with Crippen LogP contribution in [-0.4, -0.2) is 34.7 Å². The molecule has 0 aromatic carbocycles. The Morgan fingerprint density at radius 3 is 2.47 bits per heavy atom. The van der Waals surface area contributed by atoms with E-state index in [0.717, 1.165) is 37.9 Å². The molecule has 2 heteroatoms. The van der Waals surface area contributed by atoms with Crippen LogP contribution in [-0.2, 0) is 0 Å². The summed E-state index contributed by atoms with van der Waals surface area (Å²) in [6.07, 6.45) is 8.57. The fraction of sp³-hybridized carbons (Fsp3) is 0.647. The molecule has 0 saturated heterocycles. The van der Waals surface area contributed by atoms with Crippen molar-refractivity contribution in [2.24, 2.45) is 0 Å². The highest BCUT2D eigenvalue weighted by Crippen LogP contribution is 2.26. The van der Waals surface area contributed by atoms with Crippen molar-refractivity contribution < 1.29 is 5.11 Å². The highest BCUT2D eigenvalue weighted by atomic mass is 16.3. The molecule has 0 amide bonds. The van der Waals surface area contributed by atoms with E-state index < -0.39 is 5.60 Å². The summed E-state index contributed by atoms with van der Waals surface area (Å²) in [7, 11) is 0. The molecular weight excluding hydrogens is 234 g/mol. The zero-order valence-electron chi connectivity index (χ0n) is 13.2. The number of aliphatic hydroxyl groups is 1. The average molecular weight is 265 g/mol. The van der Waals surface area contributed by atoms with Crippen LogP contribution >= 0.6 is 0 Å². The average Bonchev–Trinajstić information content (AvgIpc) is 2.40. The largest absolute Gasteiger partial charge is 0.389 e. The lowest BCUT2D eigenvalue weighted by molar-refractivity contribution is -0.0329. The Bertz CT molecular complexity index is 304. The lowest BCUT2D eigenvalue weighted by Gasteiger charge is -2.40. The van der Waals surface area contributed by atoms with E-state index in [1.807, 2.05) is 20.8 Å². The monoisotopic (exact) mass is 265 g/mol. The fourth-order valence-electron chi connectivity index (χ4n) is 2.21. The third kappa shape index (κ3) is 6.22. The van der Waals surface area contributed by atoms with Crippen LogP contribution in [0, 0.1) is 0 Å². The predicted molar refractivity (Wildman–Crippen MR) is 85.3 cm³/mol. The summed E-state index contributed by atoms with van der Waals surface area (Å²) in [5, 5.41) is 10.7. The second-order valence-electron chi connectivity index (χ2n) is 5.36. The van der Waals surface area contributed by atoms with E-state index in [1.54, 1.807) is 6.08 Å². The molecule has 0 fully saturated rings. The maximum atomic E-state index is 10.7. The smallest absolute Gasteiger partial charge is 0.0775 e. The summed E-state index contributed by atoms with van der Waals surface area (Å²) in [6, 6.07) is 0.0825. The van der Waals surface area contributed by atoms with E-state index in [-0.39, 0.29) is 6.04 Å². The van der Waals surface area contributed by atoms with Gasteiger partial charge in [0.15, 0.2) is 0 Å². The zero-order valence-corrected chi connectivity index (χ0v) is 13.2. The Balaban J connectivity index is 5.12. The molecule has 0 heterocycles. The molecule has 0 aliphatic rings. The zero-order chi connectivity index (χ0) is 14.9. The van der Waals surface area contributed by atoms with E-state index >= 15 is 0 Å². The van der Waals surface area contributed by atoms with Gasteiger partial charge in [0.1, 0.15) is 0 Å². The van der Waals surface area contributed by atoms with Gasteiger partial charge in [-0.2, -0.15) is 0 Å². The molecule has 0 spiro atoms. The maximum absolute atomic E-state index is 10.7. The highest BCUT2D eigenvalue weighted by molar-refractivity contribution is 5.14. The van der Waals surface area contributed by atoms with Crippen molar-refractivity contribution in [3.63, 3.8) is 0 Å². The van der Waals surface area contributed by atoms with Crippen molar-refractivity contribution in [3.05, 3.63) is 37.0 Å². The predicted octanol–water partition coefficient (Wildman–Crippen LogP) is 3.94. The minimum absolute atomic E-state index is 0.0825. The van der Waals surface area contributed by atoms with Crippen molar-refractivity contribution >= 4 is 0 Å². The van der Waals surface area contributed by atoms with Gasteiger partial charge in [-0.05, 0) is 39.7 Å². The standard InChI is InChI=1S/C17H31NO/c1-7-11-13-18(12-8-2)16(14-15(5)9-3)17(6,19)10-4/h7,9,11,16,19H,3,5,8,10,12-14H2,1-2,4,6H3. The van der Waals surface area contributed by atoms with Crippen LogP contribution < -0.4 is 0 Å². The SMILES string of the molecule is C=CC(=C)CC(N(CC=CC)CCC)C(C)(O)CC. The fourth-order valence-corrected chi connectivity index (χ4v) is 2.21. The number of hydrogen-bond donors (Lipinski definition) is 1. The topological polar surface area (TPSA) is 23.5 Å². The maximum Gasteiger partial charge on any atom is 0.0775 e. The van der Waals surface area contributed by atoms with Gasteiger partial charge in [0, 0.05) is 12.6 Å². The van der Waals surface area contributed by atoms with Crippen molar-refractivity contribution in [1.29, 1.82) is 0 Å². The third-order valence-corrected chi connectivity index (χ3v) is 3.71. The van der Waals surface area contributed by atoms with Gasteiger partial charge >= 0.3 is 0 Å². The van der Waals surface area contributed by atoms with E-state index in [1.165, 1.54) is 0 Å². The van der Waals surface area contributed by atoms with Crippen LogP contribution in [0.5, 0.6) is 0 Å². The van der Waals surface area contributed by atoms with Crippen LogP contribution in [0.2, 0.25) is 0 Å². The molecule has 0 rings (SSSR count). The van der Waals surface area contributed by atoms with Gasteiger partial charge < -0.3 is 5.11 Å². The highest BCUT2D eigenvalue weighted by Gasteiger charge is 2.34. The molecule has 0 radical (unpaired) electrons. The minimum atomic E-state index is -0.706. The van der Waals surface area contributed by atoms with Gasteiger partial charge in [0.25, 0.3) is 0 Å². The summed E-state index contributed by atoms with van der Waals surface area (Å²) in [6.45, 7) is 17.8. The summed E-state index contributed by atoms with van der Waals surface area (Å²) in [5.41, 5.74) is 0.281. The molecule has 0 aliphatic heterocycles. The molecule has 0 aromatic rings. The first-order chi connectivity index (χ1) is 8.92. The van der Waals surface area contributed by atoms with E-state index in [4.69, 9.17) is 0 Å². The van der Waals surface area contributed by atoms with Gasteiger partial charge in [-0.15, -0.1) is 0 Å². The molecule has 19 heavy (non-hydrogen) atoms. The second kappa shape index (κ2) is 9.11. The van der Waals surface area contributed by atoms with Crippen LogP contribution in [0.15, 0.2) is 37.0 Å².